The molecule has 2 aliphatic rings. The van der Waals surface area contributed by atoms with Gasteiger partial charge >= 0.3 is 0 Å². The van der Waals surface area contributed by atoms with Crippen molar-refractivity contribution < 1.29 is 0 Å². The number of nitrogens with two attached hydrogens (primary N) is 1. The van der Waals surface area contributed by atoms with Crippen LogP contribution >= 0.6 is 27.3 Å². The van der Waals surface area contributed by atoms with Gasteiger partial charge in [0.05, 0.1) is 6.04 Å². The number of halogens is 1. The second kappa shape index (κ2) is 5.23. The first-order valence-corrected chi connectivity index (χ1v) is 8.70. The van der Waals surface area contributed by atoms with E-state index in [9.17, 15) is 0 Å². The van der Waals surface area contributed by atoms with E-state index in [4.69, 9.17) is 5.73 Å². The molecule has 100 valence electrons. The molecule has 2 N–H and O–H groups in total. The largest absolute Gasteiger partial charge is 0.322 e. The summed E-state index contributed by atoms with van der Waals surface area (Å²) in [7, 11) is 0. The second-order valence-corrected chi connectivity index (χ2v) is 7.26. The van der Waals surface area contributed by atoms with Crippen molar-refractivity contribution in [3.63, 3.8) is 0 Å². The molecule has 1 aliphatic carbocycles. The van der Waals surface area contributed by atoms with Gasteiger partial charge in [-0.05, 0) is 65.6 Å². The van der Waals surface area contributed by atoms with E-state index in [1.54, 1.807) is 11.3 Å². The summed E-state index contributed by atoms with van der Waals surface area (Å²) >= 11 is 5.41. The Kier molecular flexibility index (Phi) is 3.81. The lowest BCUT2D eigenvalue weighted by molar-refractivity contribution is 0.0921. The molecule has 3 rings (SSSR count). The van der Waals surface area contributed by atoms with Crippen molar-refractivity contribution in [1.29, 1.82) is 0 Å². The number of hydrogen-bond acceptors (Lipinski definition) is 3. The van der Waals surface area contributed by atoms with Crippen LogP contribution in [-0.2, 0) is 0 Å². The van der Waals surface area contributed by atoms with Gasteiger partial charge in [0.2, 0.25) is 0 Å². The van der Waals surface area contributed by atoms with Gasteiger partial charge in [-0.2, -0.15) is 11.3 Å². The third-order valence-electron chi connectivity index (χ3n) is 4.76. The van der Waals surface area contributed by atoms with E-state index in [0.29, 0.717) is 0 Å². The number of thiophene rings is 1. The molecule has 1 saturated heterocycles. The molecule has 0 spiro atoms. The molecule has 0 radical (unpaired) electrons. The molecule has 1 unspecified atom stereocenters. The first kappa shape index (κ1) is 13.1. The van der Waals surface area contributed by atoms with Gasteiger partial charge < -0.3 is 5.73 Å². The van der Waals surface area contributed by atoms with Crippen LogP contribution in [0.4, 0.5) is 0 Å². The van der Waals surface area contributed by atoms with E-state index in [-0.39, 0.29) is 11.6 Å². The molecule has 18 heavy (non-hydrogen) atoms. The second-order valence-electron chi connectivity index (χ2n) is 5.66. The summed E-state index contributed by atoms with van der Waals surface area (Å²) < 4.78 is 1.20. The minimum Gasteiger partial charge on any atom is -0.322 e. The normalized spacial score (nSPS) is 25.7. The fourth-order valence-electron chi connectivity index (χ4n) is 3.78. The van der Waals surface area contributed by atoms with Crippen molar-refractivity contribution in [3.8, 4) is 0 Å². The molecule has 4 heteroatoms. The van der Waals surface area contributed by atoms with Crippen LogP contribution in [0.5, 0.6) is 0 Å². The van der Waals surface area contributed by atoms with E-state index < -0.39 is 0 Å². The Morgan fingerprint density at radius 1 is 1.17 bits per heavy atom. The molecule has 1 aromatic heterocycles. The molecule has 1 atom stereocenters. The van der Waals surface area contributed by atoms with Crippen molar-refractivity contribution in [2.24, 2.45) is 5.73 Å². The van der Waals surface area contributed by atoms with Crippen molar-refractivity contribution in [1.82, 2.24) is 4.90 Å². The topological polar surface area (TPSA) is 29.3 Å². The molecule has 2 fully saturated rings. The zero-order valence-corrected chi connectivity index (χ0v) is 13.1. The van der Waals surface area contributed by atoms with Gasteiger partial charge in [0, 0.05) is 15.4 Å². The molecule has 0 bridgehead atoms. The van der Waals surface area contributed by atoms with Gasteiger partial charge in [0.15, 0.2) is 0 Å². The highest BCUT2D eigenvalue weighted by atomic mass is 79.9. The molecule has 0 amide bonds. The maximum absolute atomic E-state index is 6.70. The maximum atomic E-state index is 6.70. The van der Waals surface area contributed by atoms with Crippen LogP contribution in [0.15, 0.2) is 15.2 Å². The van der Waals surface area contributed by atoms with Crippen LogP contribution in [0, 0.1) is 0 Å². The Morgan fingerprint density at radius 2 is 1.83 bits per heavy atom. The minimum atomic E-state index is 0.165. The number of nitrogens with zero attached hydrogens (tertiary/aromatic N) is 1. The average Bonchev–Trinajstić information content (AvgIpc) is 3.10. The summed E-state index contributed by atoms with van der Waals surface area (Å²) in [5, 5.41) is 4.38. The van der Waals surface area contributed by atoms with Crippen LogP contribution in [0.3, 0.4) is 0 Å². The van der Waals surface area contributed by atoms with Crippen molar-refractivity contribution in [2.75, 3.05) is 13.1 Å². The van der Waals surface area contributed by atoms with Crippen molar-refractivity contribution in [3.05, 3.63) is 20.8 Å². The van der Waals surface area contributed by atoms with E-state index in [1.807, 2.05) is 0 Å². The molecular weight excluding hydrogens is 308 g/mol. The minimum absolute atomic E-state index is 0.165. The predicted molar refractivity (Wildman–Crippen MR) is 81.0 cm³/mol. The Bertz CT molecular complexity index is 406. The van der Waals surface area contributed by atoms with E-state index >= 15 is 0 Å². The summed E-state index contributed by atoms with van der Waals surface area (Å²) in [4.78, 5) is 2.69. The van der Waals surface area contributed by atoms with Crippen LogP contribution < -0.4 is 5.73 Å². The third-order valence-corrected chi connectivity index (χ3v) is 6.51. The zero-order valence-electron chi connectivity index (χ0n) is 10.7. The lowest BCUT2D eigenvalue weighted by atomic mass is 9.83. The van der Waals surface area contributed by atoms with E-state index in [1.165, 1.54) is 61.7 Å². The third kappa shape index (κ3) is 2.07. The van der Waals surface area contributed by atoms with Crippen molar-refractivity contribution >= 4 is 27.3 Å². The molecule has 2 heterocycles. The van der Waals surface area contributed by atoms with Crippen LogP contribution in [0.2, 0.25) is 0 Å². The standard InChI is InChI=1S/C14H21BrN2S/c15-12-10-18-9-11(12)13(16)14(5-1-2-6-14)17-7-3-4-8-17/h9-10,13H,1-8,16H2. The van der Waals surface area contributed by atoms with Gasteiger partial charge in [-0.1, -0.05) is 12.8 Å². The van der Waals surface area contributed by atoms with Crippen LogP contribution in [0.25, 0.3) is 0 Å². The summed E-state index contributed by atoms with van der Waals surface area (Å²) in [6, 6.07) is 0.165. The first-order chi connectivity index (χ1) is 8.74. The van der Waals surface area contributed by atoms with Gasteiger partial charge in [-0.3, -0.25) is 4.90 Å². The number of hydrogen-bond donors (Lipinski definition) is 1. The highest BCUT2D eigenvalue weighted by molar-refractivity contribution is 9.10. The average molecular weight is 329 g/mol. The Balaban J connectivity index is 1.91. The van der Waals surface area contributed by atoms with E-state index in [0.717, 1.165) is 0 Å². The fraction of sp³-hybridized carbons (Fsp3) is 0.714. The van der Waals surface area contributed by atoms with Crippen LogP contribution in [-0.4, -0.2) is 23.5 Å². The zero-order chi connectivity index (χ0) is 12.6. The molecular formula is C14H21BrN2S. The summed E-state index contributed by atoms with van der Waals surface area (Å²) in [5.41, 5.74) is 8.25. The fourth-order valence-corrected chi connectivity index (χ4v) is 5.36. The molecule has 2 nitrogen and oxygen atoms in total. The molecule has 1 saturated carbocycles. The predicted octanol–water partition coefficient (Wildman–Crippen LogP) is 3.92. The number of likely N-dealkylation sites (tertiary alicyclic amines) is 1. The quantitative estimate of drug-likeness (QED) is 0.911. The maximum Gasteiger partial charge on any atom is 0.0501 e. The van der Waals surface area contributed by atoms with Gasteiger partial charge in [-0.15, -0.1) is 0 Å². The monoisotopic (exact) mass is 328 g/mol. The van der Waals surface area contributed by atoms with Gasteiger partial charge in [-0.25, -0.2) is 0 Å². The highest BCUT2D eigenvalue weighted by Crippen LogP contribution is 2.46. The lowest BCUT2D eigenvalue weighted by Crippen LogP contribution is -2.52. The molecule has 0 aromatic carbocycles. The summed E-state index contributed by atoms with van der Waals surface area (Å²) in [6.07, 6.45) is 7.92. The van der Waals surface area contributed by atoms with E-state index in [2.05, 4.69) is 31.6 Å². The van der Waals surface area contributed by atoms with Crippen molar-refractivity contribution in [2.45, 2.75) is 50.1 Å². The first-order valence-electron chi connectivity index (χ1n) is 6.96. The Morgan fingerprint density at radius 3 is 2.39 bits per heavy atom. The Hall–Kier alpha value is 0.1000. The van der Waals surface area contributed by atoms with Gasteiger partial charge in [0.1, 0.15) is 0 Å². The molecule has 1 aromatic rings. The summed E-state index contributed by atoms with van der Waals surface area (Å²) in [5.74, 6) is 0. The van der Waals surface area contributed by atoms with Gasteiger partial charge in [0.25, 0.3) is 0 Å². The highest BCUT2D eigenvalue weighted by Gasteiger charge is 2.46. The Labute approximate surface area is 122 Å². The smallest absolute Gasteiger partial charge is 0.0501 e. The molecule has 1 aliphatic heterocycles. The lowest BCUT2D eigenvalue weighted by Gasteiger charge is -2.43. The SMILES string of the molecule is NC(c1cscc1Br)C1(N2CCCC2)CCCC1. The number of rotatable bonds is 3. The van der Waals surface area contributed by atoms with Crippen LogP contribution in [0.1, 0.15) is 50.1 Å². The summed E-state index contributed by atoms with van der Waals surface area (Å²) in [6.45, 7) is 2.49.